The van der Waals surface area contributed by atoms with Gasteiger partial charge in [-0.25, -0.2) is 18.4 Å². The number of halogens is 3. The quantitative estimate of drug-likeness (QED) is 0.288. The number of aromatic nitrogens is 3. The number of carbonyl (C=O) groups excluding carboxylic acids is 1. The highest BCUT2D eigenvalue weighted by molar-refractivity contribution is 6.31. The van der Waals surface area contributed by atoms with Crippen molar-refractivity contribution in [3.05, 3.63) is 82.3 Å². The average molecular weight is 545 g/mol. The first-order chi connectivity index (χ1) is 18.1. The molecule has 0 saturated carbocycles. The fourth-order valence-electron chi connectivity index (χ4n) is 4.09. The zero-order valence-electron chi connectivity index (χ0n) is 21.0. The van der Waals surface area contributed by atoms with E-state index >= 15 is 0 Å². The van der Waals surface area contributed by atoms with Gasteiger partial charge in [0.15, 0.2) is 5.82 Å². The minimum absolute atomic E-state index is 0.0363. The number of hydrogen-bond acceptors (Lipinski definition) is 6. The molecule has 0 fully saturated rings. The molecule has 0 saturated heterocycles. The third kappa shape index (κ3) is 5.77. The van der Waals surface area contributed by atoms with Crippen molar-refractivity contribution in [2.24, 2.45) is 5.92 Å². The van der Waals surface area contributed by atoms with Gasteiger partial charge in [-0.05, 0) is 42.7 Å². The second-order valence-electron chi connectivity index (χ2n) is 9.21. The van der Waals surface area contributed by atoms with Gasteiger partial charge in [-0.1, -0.05) is 37.6 Å². The highest BCUT2D eigenvalue weighted by Crippen LogP contribution is 2.32. The lowest BCUT2D eigenvalue weighted by atomic mass is 9.99. The number of benzene rings is 2. The molecule has 0 radical (unpaired) electrons. The summed E-state index contributed by atoms with van der Waals surface area (Å²) in [7, 11) is 0. The van der Waals surface area contributed by atoms with E-state index in [1.54, 1.807) is 45.0 Å². The molecule has 2 aromatic heterocycles. The number of rotatable bonds is 9. The number of aliphatic hydroxyl groups excluding tert-OH is 2. The van der Waals surface area contributed by atoms with Crippen LogP contribution >= 0.6 is 11.6 Å². The van der Waals surface area contributed by atoms with Crippen molar-refractivity contribution in [2.45, 2.75) is 39.5 Å². The number of nitrogens with zero attached hydrogens (tertiary/aromatic N) is 3. The lowest BCUT2D eigenvalue weighted by Crippen LogP contribution is -2.41. The van der Waals surface area contributed by atoms with E-state index in [0.29, 0.717) is 33.6 Å². The van der Waals surface area contributed by atoms with Crippen molar-refractivity contribution in [1.29, 1.82) is 0 Å². The molecule has 0 bridgehead atoms. The molecule has 0 aliphatic rings. The Bertz CT molecular complexity index is 1480. The van der Waals surface area contributed by atoms with Gasteiger partial charge in [0, 0.05) is 16.6 Å². The van der Waals surface area contributed by atoms with Crippen LogP contribution in [0.4, 0.5) is 8.78 Å². The third-order valence-electron chi connectivity index (χ3n) is 6.05. The van der Waals surface area contributed by atoms with Crippen LogP contribution in [-0.2, 0) is 11.4 Å². The standard InChI is InChI=1S/C27H27ClF2N4O4/c1-14(2)26(36)27(37)33-22(12-35)19-8-16(29)9-21(28)20(19)13-38-24-6-4-5-18-23(7-15(3)32-25(18)24)34-11-17(30)10-31-34/h4-11,14,22,26,35-36H,12-13H2,1-3H3,(H,33,37). The molecule has 1 amide bonds. The number of amides is 1. The molecule has 2 unspecified atom stereocenters. The maximum atomic E-state index is 14.3. The number of carbonyl (C=O) groups is 1. The van der Waals surface area contributed by atoms with E-state index in [2.05, 4.69) is 15.4 Å². The van der Waals surface area contributed by atoms with Gasteiger partial charge < -0.3 is 20.3 Å². The number of ether oxygens (including phenoxy) is 1. The molecule has 0 aliphatic carbocycles. The van der Waals surface area contributed by atoms with Crippen LogP contribution in [0, 0.1) is 24.5 Å². The second-order valence-corrected chi connectivity index (χ2v) is 9.62. The van der Waals surface area contributed by atoms with Gasteiger partial charge in [0.2, 0.25) is 5.91 Å². The summed E-state index contributed by atoms with van der Waals surface area (Å²) in [5, 5.41) is 27.4. The van der Waals surface area contributed by atoms with Crippen LogP contribution in [0.25, 0.3) is 16.6 Å². The molecule has 4 rings (SSSR count). The zero-order chi connectivity index (χ0) is 27.6. The number of hydrogen-bond donors (Lipinski definition) is 3. The van der Waals surface area contributed by atoms with Gasteiger partial charge in [-0.3, -0.25) is 4.79 Å². The molecule has 200 valence electrons. The van der Waals surface area contributed by atoms with Crippen molar-refractivity contribution < 1.29 is 28.5 Å². The summed E-state index contributed by atoms with van der Waals surface area (Å²) in [5.74, 6) is -1.83. The Morgan fingerprint density at radius 2 is 1.97 bits per heavy atom. The number of nitrogens with one attached hydrogen (secondary N) is 1. The molecular weight excluding hydrogens is 518 g/mol. The minimum Gasteiger partial charge on any atom is -0.487 e. The number of fused-ring (bicyclic) bond motifs is 1. The highest BCUT2D eigenvalue weighted by Gasteiger charge is 2.25. The van der Waals surface area contributed by atoms with Crippen LogP contribution in [0.1, 0.15) is 36.7 Å². The fraction of sp³-hybridized carbons (Fsp3) is 0.296. The number of pyridine rings is 1. The Hall–Kier alpha value is -3.60. The van der Waals surface area contributed by atoms with Gasteiger partial charge in [0.25, 0.3) is 0 Å². The predicted octanol–water partition coefficient (Wildman–Crippen LogP) is 4.41. The summed E-state index contributed by atoms with van der Waals surface area (Å²) in [4.78, 5) is 17.0. The van der Waals surface area contributed by atoms with Gasteiger partial charge in [-0.15, -0.1) is 0 Å². The lowest BCUT2D eigenvalue weighted by molar-refractivity contribution is -0.132. The molecule has 2 atom stereocenters. The van der Waals surface area contributed by atoms with Gasteiger partial charge >= 0.3 is 0 Å². The van der Waals surface area contributed by atoms with E-state index < -0.39 is 36.3 Å². The zero-order valence-corrected chi connectivity index (χ0v) is 21.7. The number of para-hydroxylation sites is 1. The molecule has 0 spiro atoms. The van der Waals surface area contributed by atoms with Crippen molar-refractivity contribution in [1.82, 2.24) is 20.1 Å². The fourth-order valence-corrected chi connectivity index (χ4v) is 4.35. The molecule has 2 heterocycles. The molecule has 8 nitrogen and oxygen atoms in total. The van der Waals surface area contributed by atoms with Crippen LogP contribution in [0.15, 0.2) is 48.8 Å². The van der Waals surface area contributed by atoms with Gasteiger partial charge in [0.1, 0.15) is 29.8 Å². The molecule has 4 aromatic rings. The smallest absolute Gasteiger partial charge is 0.249 e. The lowest BCUT2D eigenvalue weighted by Gasteiger charge is -2.24. The average Bonchev–Trinajstić information content (AvgIpc) is 3.31. The predicted molar refractivity (Wildman–Crippen MR) is 138 cm³/mol. The van der Waals surface area contributed by atoms with E-state index in [1.165, 1.54) is 10.9 Å². The van der Waals surface area contributed by atoms with E-state index in [4.69, 9.17) is 16.3 Å². The first kappa shape index (κ1) is 27.4. The topological polar surface area (TPSA) is 110 Å². The molecule has 11 heteroatoms. The Labute approximate surface area is 222 Å². The Kier molecular flexibility index (Phi) is 8.25. The maximum Gasteiger partial charge on any atom is 0.249 e. The Balaban J connectivity index is 1.69. The monoisotopic (exact) mass is 544 g/mol. The first-order valence-electron chi connectivity index (χ1n) is 11.9. The number of aliphatic hydroxyl groups is 2. The van der Waals surface area contributed by atoms with Gasteiger partial charge in [-0.2, -0.15) is 5.10 Å². The molecular formula is C27H27ClF2N4O4. The van der Waals surface area contributed by atoms with Crippen molar-refractivity contribution in [2.75, 3.05) is 6.61 Å². The van der Waals surface area contributed by atoms with E-state index in [-0.39, 0.29) is 23.1 Å². The van der Waals surface area contributed by atoms with Crippen molar-refractivity contribution in [3.63, 3.8) is 0 Å². The summed E-state index contributed by atoms with van der Waals surface area (Å²) in [5.41, 5.74) is 2.29. The normalized spacial score (nSPS) is 13.1. The SMILES string of the molecule is Cc1cc(-n2cc(F)cn2)c2cccc(OCc3c(Cl)cc(F)cc3C(CO)NC(=O)C(O)C(C)C)c2n1. The van der Waals surface area contributed by atoms with Crippen LogP contribution in [-0.4, -0.2) is 43.6 Å². The summed E-state index contributed by atoms with van der Waals surface area (Å²) < 4.78 is 35.5. The van der Waals surface area contributed by atoms with Crippen LogP contribution < -0.4 is 10.1 Å². The minimum atomic E-state index is -1.31. The molecule has 3 N–H and O–H groups in total. The maximum absolute atomic E-state index is 14.3. The van der Waals surface area contributed by atoms with E-state index in [0.717, 1.165) is 18.3 Å². The highest BCUT2D eigenvalue weighted by atomic mass is 35.5. The van der Waals surface area contributed by atoms with Crippen LogP contribution in [0.5, 0.6) is 5.75 Å². The molecule has 0 aliphatic heterocycles. The van der Waals surface area contributed by atoms with Crippen LogP contribution in [0.2, 0.25) is 5.02 Å². The molecule has 38 heavy (non-hydrogen) atoms. The second kappa shape index (κ2) is 11.4. The van der Waals surface area contributed by atoms with E-state index in [9.17, 15) is 23.8 Å². The van der Waals surface area contributed by atoms with Crippen molar-refractivity contribution in [3.8, 4) is 11.4 Å². The Morgan fingerprint density at radius 1 is 1.21 bits per heavy atom. The largest absolute Gasteiger partial charge is 0.487 e. The van der Waals surface area contributed by atoms with Crippen molar-refractivity contribution >= 4 is 28.4 Å². The summed E-state index contributed by atoms with van der Waals surface area (Å²) in [6.07, 6.45) is 1.05. The number of aryl methyl sites for hydroxylation is 1. The molecule has 2 aromatic carbocycles. The van der Waals surface area contributed by atoms with Gasteiger partial charge in [0.05, 0.1) is 35.8 Å². The third-order valence-corrected chi connectivity index (χ3v) is 6.39. The summed E-state index contributed by atoms with van der Waals surface area (Å²) >= 11 is 6.38. The summed E-state index contributed by atoms with van der Waals surface area (Å²) in [6, 6.07) is 8.24. The first-order valence-corrected chi connectivity index (χ1v) is 12.3. The van der Waals surface area contributed by atoms with Crippen LogP contribution in [0.3, 0.4) is 0 Å². The van der Waals surface area contributed by atoms with E-state index in [1.807, 2.05) is 0 Å². The Morgan fingerprint density at radius 3 is 2.63 bits per heavy atom. The summed E-state index contributed by atoms with van der Waals surface area (Å²) in [6.45, 7) is 4.42.